The summed E-state index contributed by atoms with van der Waals surface area (Å²) in [7, 11) is -7.83. The summed E-state index contributed by atoms with van der Waals surface area (Å²) in [6.45, 7) is 2.57. The average Bonchev–Trinajstić information content (AvgIpc) is 2.67. The van der Waals surface area contributed by atoms with Crippen molar-refractivity contribution in [2.45, 2.75) is 30.8 Å². The number of nitrogens with zero attached hydrogens (tertiary/aromatic N) is 3. The van der Waals surface area contributed by atoms with Gasteiger partial charge in [0.25, 0.3) is 10.2 Å². The Morgan fingerprint density at radius 3 is 2.14 bits per heavy atom. The SMILES string of the molecule is CC1CCCN(S(=O)(=O)N2CCN(S(=O)(=O)c3cccc(C(F)(F)F)c3)CC2)C1. The molecule has 0 spiro atoms. The Labute approximate surface area is 169 Å². The van der Waals surface area contributed by atoms with Crippen molar-refractivity contribution in [2.75, 3.05) is 39.3 Å². The second-order valence-electron chi connectivity index (χ2n) is 7.44. The minimum absolute atomic E-state index is 0.0363. The molecule has 0 amide bonds. The van der Waals surface area contributed by atoms with Crippen LogP contribution in [0.1, 0.15) is 25.3 Å². The number of piperazine rings is 1. The summed E-state index contributed by atoms with van der Waals surface area (Å²) in [5.74, 6) is 0.265. The maximum atomic E-state index is 12.9. The van der Waals surface area contributed by atoms with E-state index in [0.29, 0.717) is 19.2 Å². The molecule has 2 fully saturated rings. The van der Waals surface area contributed by atoms with Crippen LogP contribution >= 0.6 is 0 Å². The lowest BCUT2D eigenvalue weighted by Crippen LogP contribution is -2.55. The molecule has 1 aromatic rings. The molecule has 164 valence electrons. The van der Waals surface area contributed by atoms with Crippen molar-refractivity contribution in [2.24, 2.45) is 5.92 Å². The van der Waals surface area contributed by atoms with Crippen LogP contribution in [0.2, 0.25) is 0 Å². The Balaban J connectivity index is 1.71. The smallest absolute Gasteiger partial charge is 0.207 e. The molecule has 12 heteroatoms. The molecule has 2 aliphatic rings. The Morgan fingerprint density at radius 2 is 1.55 bits per heavy atom. The third-order valence-electron chi connectivity index (χ3n) is 5.27. The molecule has 1 atom stereocenters. The zero-order valence-electron chi connectivity index (χ0n) is 16.0. The monoisotopic (exact) mass is 455 g/mol. The number of benzene rings is 1. The number of alkyl halides is 3. The number of rotatable bonds is 4. The van der Waals surface area contributed by atoms with Gasteiger partial charge in [0.1, 0.15) is 0 Å². The van der Waals surface area contributed by atoms with Crippen LogP contribution in [0.25, 0.3) is 0 Å². The van der Waals surface area contributed by atoms with E-state index in [0.717, 1.165) is 35.3 Å². The predicted molar refractivity (Wildman–Crippen MR) is 101 cm³/mol. The fourth-order valence-electron chi connectivity index (χ4n) is 3.64. The van der Waals surface area contributed by atoms with Crippen molar-refractivity contribution in [3.8, 4) is 0 Å². The number of hydrogen-bond donors (Lipinski definition) is 0. The second-order valence-corrected chi connectivity index (χ2v) is 11.3. The van der Waals surface area contributed by atoms with E-state index >= 15 is 0 Å². The van der Waals surface area contributed by atoms with E-state index < -0.39 is 36.9 Å². The first kappa shape index (κ1) is 22.5. The summed E-state index contributed by atoms with van der Waals surface area (Å²) >= 11 is 0. The van der Waals surface area contributed by atoms with Crippen LogP contribution < -0.4 is 0 Å². The minimum Gasteiger partial charge on any atom is -0.207 e. The van der Waals surface area contributed by atoms with Crippen LogP contribution in [-0.2, 0) is 26.4 Å². The van der Waals surface area contributed by atoms with Gasteiger partial charge in [-0.05, 0) is 37.0 Å². The molecule has 0 N–H and O–H groups in total. The highest BCUT2D eigenvalue weighted by atomic mass is 32.2. The maximum Gasteiger partial charge on any atom is 0.416 e. The van der Waals surface area contributed by atoms with E-state index in [-0.39, 0.29) is 32.1 Å². The van der Waals surface area contributed by atoms with Gasteiger partial charge in [-0.1, -0.05) is 13.0 Å². The highest BCUT2D eigenvalue weighted by Crippen LogP contribution is 2.31. The molecule has 2 heterocycles. The van der Waals surface area contributed by atoms with Crippen LogP contribution in [0.4, 0.5) is 13.2 Å². The highest BCUT2D eigenvalue weighted by Gasteiger charge is 2.38. The molecule has 0 radical (unpaired) electrons. The van der Waals surface area contributed by atoms with E-state index in [4.69, 9.17) is 0 Å². The molecule has 3 rings (SSSR count). The van der Waals surface area contributed by atoms with Crippen LogP contribution in [0.15, 0.2) is 29.2 Å². The van der Waals surface area contributed by atoms with Gasteiger partial charge in [-0.25, -0.2) is 8.42 Å². The summed E-state index contributed by atoms with van der Waals surface area (Å²) in [6.07, 6.45) is -2.90. The predicted octanol–water partition coefficient (Wildman–Crippen LogP) is 1.99. The van der Waals surface area contributed by atoms with E-state index in [1.165, 1.54) is 8.61 Å². The molecule has 0 bridgehead atoms. The Kier molecular flexibility index (Phi) is 6.31. The van der Waals surface area contributed by atoms with Gasteiger partial charge in [-0.2, -0.15) is 34.5 Å². The lowest BCUT2D eigenvalue weighted by atomic mass is 10.0. The molecule has 2 saturated heterocycles. The molecule has 0 saturated carbocycles. The topological polar surface area (TPSA) is 78.0 Å². The first-order chi connectivity index (χ1) is 13.4. The largest absolute Gasteiger partial charge is 0.416 e. The Hall–Kier alpha value is -1.21. The van der Waals surface area contributed by atoms with Crippen molar-refractivity contribution < 1.29 is 30.0 Å². The second kappa shape index (κ2) is 8.14. The molecule has 2 aliphatic heterocycles. The molecule has 1 unspecified atom stereocenters. The Bertz CT molecular complexity index is 943. The first-order valence-corrected chi connectivity index (χ1v) is 12.2. The molecule has 0 aromatic heterocycles. The van der Waals surface area contributed by atoms with Crippen molar-refractivity contribution in [1.29, 1.82) is 0 Å². The molecular formula is C17H24F3N3O4S2. The van der Waals surface area contributed by atoms with Gasteiger partial charge >= 0.3 is 6.18 Å². The third-order valence-corrected chi connectivity index (χ3v) is 9.17. The normalized spacial score (nSPS) is 23.9. The van der Waals surface area contributed by atoms with Gasteiger partial charge in [0, 0.05) is 39.3 Å². The number of halogens is 3. The molecular weight excluding hydrogens is 431 g/mol. The van der Waals surface area contributed by atoms with Gasteiger partial charge in [0.2, 0.25) is 10.0 Å². The van der Waals surface area contributed by atoms with E-state index in [2.05, 4.69) is 0 Å². The molecule has 0 aliphatic carbocycles. The number of hydrogen-bond acceptors (Lipinski definition) is 4. The fraction of sp³-hybridized carbons (Fsp3) is 0.647. The van der Waals surface area contributed by atoms with Crippen molar-refractivity contribution >= 4 is 20.2 Å². The third kappa shape index (κ3) is 4.76. The number of piperidine rings is 1. The summed E-state index contributed by atoms with van der Waals surface area (Å²) in [6, 6.07) is 3.58. The minimum atomic E-state index is -4.65. The first-order valence-electron chi connectivity index (χ1n) is 9.35. The standard InChI is InChI=1S/C17H24F3N3O4S2/c1-14-4-3-7-23(13-14)29(26,27)22-10-8-21(9-11-22)28(24,25)16-6-2-5-15(12-16)17(18,19)20/h2,5-6,12,14H,3-4,7-11,13H2,1H3. The van der Waals surface area contributed by atoms with E-state index in [1.54, 1.807) is 0 Å². The van der Waals surface area contributed by atoms with E-state index in [1.807, 2.05) is 6.92 Å². The molecule has 1 aromatic carbocycles. The lowest BCUT2D eigenvalue weighted by molar-refractivity contribution is -0.137. The van der Waals surface area contributed by atoms with Gasteiger partial charge in [0.15, 0.2) is 0 Å². The van der Waals surface area contributed by atoms with E-state index in [9.17, 15) is 30.0 Å². The van der Waals surface area contributed by atoms with Gasteiger partial charge < -0.3 is 0 Å². The highest BCUT2D eigenvalue weighted by molar-refractivity contribution is 7.89. The zero-order chi connectivity index (χ0) is 21.4. The average molecular weight is 456 g/mol. The summed E-state index contributed by atoms with van der Waals surface area (Å²) < 4.78 is 93.6. The van der Waals surface area contributed by atoms with Crippen LogP contribution in [0.3, 0.4) is 0 Å². The zero-order valence-corrected chi connectivity index (χ0v) is 17.6. The quantitative estimate of drug-likeness (QED) is 0.696. The molecule has 29 heavy (non-hydrogen) atoms. The van der Waals surface area contributed by atoms with Crippen molar-refractivity contribution in [3.05, 3.63) is 29.8 Å². The van der Waals surface area contributed by atoms with Crippen LogP contribution in [0, 0.1) is 5.92 Å². The van der Waals surface area contributed by atoms with Crippen LogP contribution in [0.5, 0.6) is 0 Å². The van der Waals surface area contributed by atoms with Crippen LogP contribution in [-0.4, -0.2) is 69.0 Å². The molecule has 7 nitrogen and oxygen atoms in total. The van der Waals surface area contributed by atoms with Gasteiger partial charge in [-0.15, -0.1) is 0 Å². The van der Waals surface area contributed by atoms with Gasteiger partial charge in [-0.3, -0.25) is 0 Å². The summed E-state index contributed by atoms with van der Waals surface area (Å²) in [5.41, 5.74) is -1.04. The van der Waals surface area contributed by atoms with Crippen molar-refractivity contribution in [3.63, 3.8) is 0 Å². The fourth-order valence-corrected chi connectivity index (χ4v) is 6.86. The maximum absolute atomic E-state index is 12.9. The Morgan fingerprint density at radius 1 is 0.931 bits per heavy atom. The summed E-state index contributed by atoms with van der Waals surface area (Å²) in [5, 5.41) is 0. The number of sulfonamides is 1. The summed E-state index contributed by atoms with van der Waals surface area (Å²) in [4.78, 5) is -0.450. The lowest BCUT2D eigenvalue weighted by Gasteiger charge is -2.38. The van der Waals surface area contributed by atoms with Crippen molar-refractivity contribution in [1.82, 2.24) is 12.9 Å². The van der Waals surface area contributed by atoms with Gasteiger partial charge in [0.05, 0.1) is 10.5 Å².